The van der Waals surface area contributed by atoms with Gasteiger partial charge >= 0.3 is 0 Å². The Morgan fingerprint density at radius 2 is 2.16 bits per heavy atom. The summed E-state index contributed by atoms with van der Waals surface area (Å²) in [6, 6.07) is 8.89. The molecule has 0 amide bonds. The first-order valence-electron chi connectivity index (χ1n) is 6.18. The Morgan fingerprint density at radius 3 is 2.74 bits per heavy atom. The van der Waals surface area contributed by atoms with Crippen LogP contribution in [-0.2, 0) is 6.42 Å². The number of aryl methyl sites for hydroxylation is 1. The first-order valence-corrected chi connectivity index (χ1v) is 7.86. The van der Waals surface area contributed by atoms with Gasteiger partial charge in [-0.05, 0) is 53.2 Å². The number of halogens is 1. The Balaban J connectivity index is 2.21. The van der Waals surface area contributed by atoms with Crippen molar-refractivity contribution in [1.29, 1.82) is 0 Å². The van der Waals surface area contributed by atoms with Crippen LogP contribution in [0.5, 0.6) is 5.75 Å². The molecule has 2 rings (SSSR count). The van der Waals surface area contributed by atoms with E-state index >= 15 is 0 Å². The van der Waals surface area contributed by atoms with Gasteiger partial charge in [-0.3, -0.25) is 0 Å². The van der Waals surface area contributed by atoms with Crippen LogP contribution in [0.2, 0.25) is 0 Å². The van der Waals surface area contributed by atoms with Crippen LogP contribution >= 0.6 is 27.3 Å². The van der Waals surface area contributed by atoms with Gasteiger partial charge in [0.15, 0.2) is 0 Å². The molecule has 4 heteroatoms. The highest BCUT2D eigenvalue weighted by molar-refractivity contribution is 9.10. The highest BCUT2D eigenvalue weighted by atomic mass is 79.9. The van der Waals surface area contributed by atoms with E-state index in [9.17, 15) is 0 Å². The number of likely N-dealkylation sites (N-methyl/N-ethyl adjacent to an activating group) is 1. The molecule has 0 spiro atoms. The summed E-state index contributed by atoms with van der Waals surface area (Å²) in [5.41, 5.74) is 2.43. The number of hydrogen-bond donors (Lipinski definition) is 1. The van der Waals surface area contributed by atoms with Gasteiger partial charge < -0.3 is 10.1 Å². The molecule has 0 saturated carbocycles. The lowest BCUT2D eigenvalue weighted by molar-refractivity contribution is 0.410. The van der Waals surface area contributed by atoms with Crippen LogP contribution in [0, 0.1) is 6.92 Å². The monoisotopic (exact) mass is 339 g/mol. The minimum absolute atomic E-state index is 0.306. The molecule has 0 bridgehead atoms. The number of nitrogens with one attached hydrogen (secondary N) is 1. The third kappa shape index (κ3) is 3.59. The molecular weight excluding hydrogens is 322 g/mol. The molecular formula is C15H18BrNOS. The van der Waals surface area contributed by atoms with Crippen molar-refractivity contribution in [2.24, 2.45) is 0 Å². The maximum Gasteiger partial charge on any atom is 0.122 e. The molecule has 0 aliphatic heterocycles. The number of benzene rings is 1. The Kier molecular flexibility index (Phi) is 5.02. The van der Waals surface area contributed by atoms with Crippen molar-refractivity contribution in [3.63, 3.8) is 0 Å². The van der Waals surface area contributed by atoms with E-state index in [1.807, 2.05) is 7.05 Å². The molecule has 1 aromatic heterocycles. The molecule has 0 aliphatic rings. The van der Waals surface area contributed by atoms with Crippen LogP contribution in [0.3, 0.4) is 0 Å². The van der Waals surface area contributed by atoms with Gasteiger partial charge in [-0.2, -0.15) is 0 Å². The van der Waals surface area contributed by atoms with Gasteiger partial charge in [-0.25, -0.2) is 0 Å². The lowest BCUT2D eigenvalue weighted by Crippen LogP contribution is -2.18. The number of thiophene rings is 1. The lowest BCUT2D eigenvalue weighted by Gasteiger charge is -2.17. The highest BCUT2D eigenvalue weighted by Gasteiger charge is 2.13. The van der Waals surface area contributed by atoms with Crippen LogP contribution in [0.15, 0.2) is 34.1 Å². The Morgan fingerprint density at radius 1 is 1.37 bits per heavy atom. The smallest absolute Gasteiger partial charge is 0.122 e. The molecule has 0 aliphatic carbocycles. The molecule has 1 atom stereocenters. The molecule has 1 heterocycles. The third-order valence-corrected chi connectivity index (χ3v) is 4.93. The van der Waals surface area contributed by atoms with Crippen LogP contribution in [0.1, 0.15) is 22.0 Å². The van der Waals surface area contributed by atoms with Gasteiger partial charge in [0.25, 0.3) is 0 Å². The molecule has 0 radical (unpaired) electrons. The first kappa shape index (κ1) is 14.6. The van der Waals surface area contributed by atoms with Crippen molar-refractivity contribution >= 4 is 27.3 Å². The molecule has 2 nitrogen and oxygen atoms in total. The van der Waals surface area contributed by atoms with Gasteiger partial charge in [-0.15, -0.1) is 11.3 Å². The molecule has 0 saturated heterocycles. The van der Waals surface area contributed by atoms with Gasteiger partial charge in [-0.1, -0.05) is 12.1 Å². The zero-order chi connectivity index (χ0) is 13.8. The maximum atomic E-state index is 5.40. The largest absolute Gasteiger partial charge is 0.496 e. The van der Waals surface area contributed by atoms with E-state index in [-0.39, 0.29) is 0 Å². The Hall–Kier alpha value is -0.840. The van der Waals surface area contributed by atoms with E-state index in [1.54, 1.807) is 18.4 Å². The predicted molar refractivity (Wildman–Crippen MR) is 85.3 cm³/mol. The van der Waals surface area contributed by atoms with E-state index in [4.69, 9.17) is 4.74 Å². The number of methoxy groups -OCH3 is 1. The van der Waals surface area contributed by atoms with Crippen molar-refractivity contribution in [3.8, 4) is 5.75 Å². The fourth-order valence-electron chi connectivity index (χ4n) is 2.10. The van der Waals surface area contributed by atoms with E-state index in [2.05, 4.69) is 57.8 Å². The van der Waals surface area contributed by atoms with Gasteiger partial charge in [0.2, 0.25) is 0 Å². The second-order valence-electron chi connectivity index (χ2n) is 4.51. The second kappa shape index (κ2) is 6.55. The second-order valence-corrected chi connectivity index (χ2v) is 6.42. The molecule has 1 N–H and O–H groups in total. The minimum Gasteiger partial charge on any atom is -0.496 e. The van der Waals surface area contributed by atoms with Crippen LogP contribution in [-0.4, -0.2) is 14.2 Å². The summed E-state index contributed by atoms with van der Waals surface area (Å²) in [5.74, 6) is 0.949. The van der Waals surface area contributed by atoms with E-state index in [1.165, 1.54) is 16.0 Å². The zero-order valence-electron chi connectivity index (χ0n) is 11.4. The topological polar surface area (TPSA) is 21.3 Å². The average molecular weight is 340 g/mol. The maximum absolute atomic E-state index is 5.40. The summed E-state index contributed by atoms with van der Waals surface area (Å²) in [7, 11) is 3.72. The minimum atomic E-state index is 0.306. The van der Waals surface area contributed by atoms with E-state index in [0.29, 0.717) is 6.04 Å². The number of ether oxygens (including phenoxy) is 1. The predicted octanol–water partition coefficient (Wildman–Crippen LogP) is 4.33. The summed E-state index contributed by atoms with van der Waals surface area (Å²) >= 11 is 5.29. The molecule has 19 heavy (non-hydrogen) atoms. The average Bonchev–Trinajstić information content (AvgIpc) is 2.82. The quantitative estimate of drug-likeness (QED) is 0.875. The van der Waals surface area contributed by atoms with Gasteiger partial charge in [0.05, 0.1) is 7.11 Å². The summed E-state index contributed by atoms with van der Waals surface area (Å²) < 4.78 is 6.56. The highest BCUT2D eigenvalue weighted by Crippen LogP contribution is 2.28. The number of rotatable bonds is 5. The third-order valence-electron chi connectivity index (χ3n) is 3.21. The molecule has 102 valence electrons. The molecule has 2 aromatic rings. The summed E-state index contributed by atoms with van der Waals surface area (Å²) in [5, 5.41) is 5.51. The fourth-order valence-corrected chi connectivity index (χ4v) is 3.60. The van der Waals surface area contributed by atoms with Crippen LogP contribution in [0.4, 0.5) is 0 Å². The number of hydrogen-bond acceptors (Lipinski definition) is 3. The first-order chi connectivity index (χ1) is 9.13. The molecule has 0 fully saturated rings. The zero-order valence-corrected chi connectivity index (χ0v) is 13.8. The summed E-state index contributed by atoms with van der Waals surface area (Å²) in [4.78, 5) is 1.37. The fraction of sp³-hybridized carbons (Fsp3) is 0.333. The van der Waals surface area contributed by atoms with Gasteiger partial charge in [0.1, 0.15) is 5.75 Å². The standard InChI is InChI=1S/C15H18BrNOS/c1-10-4-5-11(6-15(10)18-3)14(17-2)8-13-7-12(16)9-19-13/h4-7,9,14,17H,8H2,1-3H3. The van der Waals surface area contributed by atoms with Crippen molar-refractivity contribution in [1.82, 2.24) is 5.32 Å². The van der Waals surface area contributed by atoms with Crippen LogP contribution in [0.25, 0.3) is 0 Å². The molecule has 1 unspecified atom stereocenters. The van der Waals surface area contributed by atoms with E-state index in [0.717, 1.165) is 16.6 Å². The lowest BCUT2D eigenvalue weighted by atomic mass is 10.0. The van der Waals surface area contributed by atoms with Crippen molar-refractivity contribution < 1.29 is 4.74 Å². The molecule has 1 aromatic carbocycles. The SMILES string of the molecule is CNC(Cc1cc(Br)cs1)c1ccc(C)c(OC)c1. The summed E-state index contributed by atoms with van der Waals surface area (Å²) in [6.45, 7) is 2.06. The van der Waals surface area contributed by atoms with Gasteiger partial charge in [0, 0.05) is 27.2 Å². The van der Waals surface area contributed by atoms with Crippen LogP contribution < -0.4 is 10.1 Å². The summed E-state index contributed by atoms with van der Waals surface area (Å²) in [6.07, 6.45) is 0.985. The Bertz CT molecular complexity index is 553. The Labute approximate surface area is 126 Å². The normalized spacial score (nSPS) is 12.4. The van der Waals surface area contributed by atoms with Crippen molar-refractivity contribution in [3.05, 3.63) is 50.1 Å². The van der Waals surface area contributed by atoms with E-state index < -0.39 is 0 Å². The van der Waals surface area contributed by atoms with Crippen molar-refractivity contribution in [2.75, 3.05) is 14.2 Å². The van der Waals surface area contributed by atoms with Crippen molar-refractivity contribution in [2.45, 2.75) is 19.4 Å².